The van der Waals surface area contributed by atoms with Crippen molar-refractivity contribution in [1.82, 2.24) is 29.7 Å². The van der Waals surface area contributed by atoms with Crippen molar-refractivity contribution >= 4 is 12.2 Å². The highest BCUT2D eigenvalue weighted by atomic mass is 16.6. The van der Waals surface area contributed by atoms with Crippen LogP contribution in [0.1, 0.15) is 98.4 Å². The first-order chi connectivity index (χ1) is 22.6. The van der Waals surface area contributed by atoms with Crippen LogP contribution in [0.2, 0.25) is 0 Å². The number of hydrogen-bond donors (Lipinski definition) is 2. The Hall–Kier alpha value is -4.60. The van der Waals surface area contributed by atoms with Crippen LogP contribution in [0.15, 0.2) is 60.9 Å². The topological polar surface area (TPSA) is 116 Å². The molecule has 48 heavy (non-hydrogen) atoms. The molecule has 4 unspecified atom stereocenters. The lowest BCUT2D eigenvalue weighted by atomic mass is 10.0. The highest BCUT2D eigenvalue weighted by Crippen LogP contribution is 2.38. The number of likely N-dealkylation sites (tertiary alicyclic amines) is 2. The Morgan fingerprint density at radius 3 is 1.65 bits per heavy atom. The van der Waals surface area contributed by atoms with Crippen molar-refractivity contribution in [1.29, 1.82) is 0 Å². The second-order valence-corrected chi connectivity index (χ2v) is 15.3. The molecular formula is C38H48N6O4. The number of benzene rings is 2. The Kier molecular flexibility index (Phi) is 8.87. The van der Waals surface area contributed by atoms with E-state index >= 15 is 0 Å². The van der Waals surface area contributed by atoms with E-state index in [0.717, 1.165) is 64.6 Å². The highest BCUT2D eigenvalue weighted by molar-refractivity contribution is 5.72. The molecule has 0 spiro atoms. The van der Waals surface area contributed by atoms with Crippen molar-refractivity contribution in [3.05, 3.63) is 72.6 Å². The molecule has 2 aliphatic heterocycles. The first-order valence-corrected chi connectivity index (χ1v) is 17.0. The van der Waals surface area contributed by atoms with Gasteiger partial charge in [-0.3, -0.25) is 9.80 Å². The number of carbonyl (C=O) groups is 2. The number of carbonyl (C=O) groups excluding carboxylic acids is 2. The fraction of sp³-hybridized carbons (Fsp3) is 0.474. The number of H-pyrrole nitrogens is 2. The summed E-state index contributed by atoms with van der Waals surface area (Å²) in [6.07, 6.45) is 5.66. The number of rotatable bonds is 5. The number of aromatic nitrogens is 4. The predicted octanol–water partition coefficient (Wildman–Crippen LogP) is 8.91. The summed E-state index contributed by atoms with van der Waals surface area (Å²) >= 11 is 0. The van der Waals surface area contributed by atoms with Crippen LogP contribution in [0.3, 0.4) is 0 Å². The van der Waals surface area contributed by atoms with E-state index in [1.165, 1.54) is 0 Å². The lowest BCUT2D eigenvalue weighted by molar-refractivity contribution is 0.0150. The molecule has 2 fully saturated rings. The van der Waals surface area contributed by atoms with Crippen LogP contribution in [-0.2, 0) is 9.47 Å². The van der Waals surface area contributed by atoms with Gasteiger partial charge in [0.2, 0.25) is 0 Å². The van der Waals surface area contributed by atoms with Crippen LogP contribution in [0.4, 0.5) is 9.59 Å². The Labute approximate surface area is 283 Å². The predicted molar refractivity (Wildman–Crippen MR) is 186 cm³/mol. The first kappa shape index (κ1) is 33.3. The zero-order chi connectivity index (χ0) is 34.4. The summed E-state index contributed by atoms with van der Waals surface area (Å²) in [5.41, 5.74) is 4.97. The molecule has 10 nitrogen and oxygen atoms in total. The standard InChI is InChI=1S/C38H48N6O4/c1-23-19-32(43(22-23)35(45)47-37(3,4)5)34-40-21-30(42-34)28-16-12-26(13-17-28)25-10-14-27(15-11-25)29-20-39-33(41-29)31-18-9-24(2)44(31)36(46)48-38(6,7)8/h10-17,20-21,23-24,31-32H,9,18-19,22H2,1-8H3,(H,39,41)(H,40,42). The molecule has 4 aromatic rings. The summed E-state index contributed by atoms with van der Waals surface area (Å²) in [6.45, 7) is 16.2. The minimum absolute atomic E-state index is 0.0880. The summed E-state index contributed by atoms with van der Waals surface area (Å²) in [4.78, 5) is 45.8. The third kappa shape index (κ3) is 7.27. The van der Waals surface area contributed by atoms with Gasteiger partial charge in [-0.05, 0) is 95.9 Å². The number of nitrogens with one attached hydrogen (secondary N) is 2. The van der Waals surface area contributed by atoms with E-state index < -0.39 is 11.2 Å². The Bertz CT molecular complexity index is 1660. The quantitative estimate of drug-likeness (QED) is 0.222. The summed E-state index contributed by atoms with van der Waals surface area (Å²) in [5, 5.41) is 0. The highest BCUT2D eigenvalue weighted by Gasteiger charge is 2.40. The molecule has 0 radical (unpaired) electrons. The van der Waals surface area contributed by atoms with E-state index in [1.54, 1.807) is 4.90 Å². The number of hydrogen-bond acceptors (Lipinski definition) is 6. The van der Waals surface area contributed by atoms with Gasteiger partial charge >= 0.3 is 12.2 Å². The van der Waals surface area contributed by atoms with E-state index in [4.69, 9.17) is 9.47 Å². The van der Waals surface area contributed by atoms with E-state index in [9.17, 15) is 9.59 Å². The molecular weight excluding hydrogens is 604 g/mol. The van der Waals surface area contributed by atoms with Gasteiger partial charge in [0.1, 0.15) is 22.9 Å². The van der Waals surface area contributed by atoms with Crippen LogP contribution in [0.5, 0.6) is 0 Å². The summed E-state index contributed by atoms with van der Waals surface area (Å²) < 4.78 is 11.4. The molecule has 2 saturated heterocycles. The molecule has 2 aliphatic rings. The third-order valence-electron chi connectivity index (χ3n) is 8.96. The van der Waals surface area contributed by atoms with Gasteiger partial charge in [-0.2, -0.15) is 0 Å². The zero-order valence-corrected chi connectivity index (χ0v) is 29.3. The maximum absolute atomic E-state index is 13.0. The molecule has 254 valence electrons. The minimum atomic E-state index is -0.552. The largest absolute Gasteiger partial charge is 0.444 e. The smallest absolute Gasteiger partial charge is 0.411 e. The van der Waals surface area contributed by atoms with Crippen molar-refractivity contribution in [2.24, 2.45) is 5.92 Å². The molecule has 2 aromatic carbocycles. The number of ether oxygens (including phenoxy) is 2. The SMILES string of the molecule is CC1CC(c2ncc(-c3ccc(-c4ccc(-c5cnc(C6CCC(C)N6C(=O)OC(C)(C)C)[nH]5)cc4)cc3)[nH]2)N(C(=O)OC(C)(C)C)C1. The van der Waals surface area contributed by atoms with Crippen LogP contribution in [-0.4, -0.2) is 65.7 Å². The summed E-state index contributed by atoms with van der Waals surface area (Å²) in [6, 6.07) is 16.6. The molecule has 0 bridgehead atoms. The van der Waals surface area contributed by atoms with Gasteiger partial charge in [-0.15, -0.1) is 0 Å². The van der Waals surface area contributed by atoms with Crippen molar-refractivity contribution in [2.75, 3.05) is 6.54 Å². The molecule has 2 N–H and O–H groups in total. The van der Waals surface area contributed by atoms with E-state index in [1.807, 2.05) is 58.8 Å². The van der Waals surface area contributed by atoms with Crippen molar-refractivity contribution in [3.63, 3.8) is 0 Å². The van der Waals surface area contributed by atoms with Gasteiger partial charge in [0.05, 0.1) is 35.9 Å². The van der Waals surface area contributed by atoms with E-state index in [-0.39, 0.29) is 30.3 Å². The summed E-state index contributed by atoms with van der Waals surface area (Å²) in [7, 11) is 0. The fourth-order valence-electron chi connectivity index (χ4n) is 6.69. The minimum Gasteiger partial charge on any atom is -0.444 e. The second kappa shape index (κ2) is 12.8. The van der Waals surface area contributed by atoms with Crippen molar-refractivity contribution < 1.29 is 19.1 Å². The number of imidazole rings is 2. The Balaban J connectivity index is 1.12. The maximum atomic E-state index is 13.0. The van der Waals surface area contributed by atoms with Gasteiger partial charge in [0.25, 0.3) is 0 Å². The molecule has 4 heterocycles. The van der Waals surface area contributed by atoms with Crippen LogP contribution >= 0.6 is 0 Å². The Morgan fingerprint density at radius 1 is 0.688 bits per heavy atom. The van der Waals surface area contributed by atoms with Crippen LogP contribution < -0.4 is 0 Å². The summed E-state index contributed by atoms with van der Waals surface area (Å²) in [5.74, 6) is 1.92. The average molecular weight is 653 g/mol. The zero-order valence-electron chi connectivity index (χ0n) is 29.3. The fourth-order valence-corrected chi connectivity index (χ4v) is 6.69. The van der Waals surface area contributed by atoms with Gasteiger partial charge in [0, 0.05) is 12.6 Å². The second-order valence-electron chi connectivity index (χ2n) is 15.3. The van der Waals surface area contributed by atoms with Crippen molar-refractivity contribution in [3.8, 4) is 33.6 Å². The molecule has 4 atom stereocenters. The average Bonchev–Trinajstić information content (AvgIpc) is 3.81. The first-order valence-electron chi connectivity index (χ1n) is 17.0. The Morgan fingerprint density at radius 2 is 1.15 bits per heavy atom. The lowest BCUT2D eigenvalue weighted by Crippen LogP contribution is -2.40. The molecule has 2 aromatic heterocycles. The van der Waals surface area contributed by atoms with Gasteiger partial charge in [0.15, 0.2) is 0 Å². The molecule has 0 saturated carbocycles. The molecule has 2 amide bonds. The van der Waals surface area contributed by atoms with Gasteiger partial charge < -0.3 is 19.4 Å². The van der Waals surface area contributed by atoms with Gasteiger partial charge in [-0.1, -0.05) is 55.5 Å². The number of nitrogens with zero attached hydrogens (tertiary/aromatic N) is 4. The van der Waals surface area contributed by atoms with Crippen molar-refractivity contribution in [2.45, 2.75) is 104 Å². The maximum Gasteiger partial charge on any atom is 0.411 e. The lowest BCUT2D eigenvalue weighted by Gasteiger charge is -2.30. The molecule has 0 aliphatic carbocycles. The number of amides is 2. The van der Waals surface area contributed by atoms with Crippen LogP contribution in [0.25, 0.3) is 33.6 Å². The van der Waals surface area contributed by atoms with E-state index in [0.29, 0.717) is 12.5 Å². The molecule has 10 heteroatoms. The normalized spacial score (nSPS) is 21.5. The molecule has 6 rings (SSSR count). The third-order valence-corrected chi connectivity index (χ3v) is 8.96. The number of aromatic amines is 2. The monoisotopic (exact) mass is 652 g/mol. The van der Waals surface area contributed by atoms with Gasteiger partial charge in [-0.25, -0.2) is 19.6 Å². The van der Waals surface area contributed by atoms with Crippen LogP contribution in [0, 0.1) is 5.92 Å². The van der Waals surface area contributed by atoms with E-state index in [2.05, 4.69) is 82.3 Å².